The Morgan fingerprint density at radius 2 is 1.91 bits per heavy atom. The van der Waals surface area contributed by atoms with Gasteiger partial charge in [-0.25, -0.2) is 0 Å². The van der Waals surface area contributed by atoms with Gasteiger partial charge in [-0.2, -0.15) is 0 Å². The molecule has 0 radical (unpaired) electrons. The van der Waals surface area contributed by atoms with Gasteiger partial charge in [-0.1, -0.05) is 18.2 Å². The molecule has 1 aliphatic carbocycles. The van der Waals surface area contributed by atoms with E-state index in [9.17, 15) is 9.59 Å². The lowest BCUT2D eigenvalue weighted by Gasteiger charge is -2.21. The lowest BCUT2D eigenvalue weighted by atomic mass is 10.0. The third-order valence-corrected chi connectivity index (χ3v) is 4.16. The molecule has 2 rings (SSSR count). The standard InChI is InChI=1S/C17H23NO4/c1-18(10-5-11-22-15-6-3-2-4-7-15)16(19)13-8-9-14(12-13)17(20)21/h2-4,6-7,13-14H,5,8-12H2,1H3,(H,20,21)/t13-,14+/m1/s1. The van der Waals surface area contributed by atoms with Gasteiger partial charge in [0.25, 0.3) is 0 Å². The summed E-state index contributed by atoms with van der Waals surface area (Å²) < 4.78 is 5.59. The molecule has 0 saturated heterocycles. The molecule has 0 bridgehead atoms. The number of carboxylic acids is 1. The Bertz CT molecular complexity index is 503. The van der Waals surface area contributed by atoms with Gasteiger partial charge < -0.3 is 14.7 Å². The van der Waals surface area contributed by atoms with Crippen molar-refractivity contribution in [3.8, 4) is 5.75 Å². The zero-order chi connectivity index (χ0) is 15.9. The average Bonchev–Trinajstić information content (AvgIpc) is 3.02. The van der Waals surface area contributed by atoms with Crippen molar-refractivity contribution in [3.63, 3.8) is 0 Å². The molecular weight excluding hydrogens is 282 g/mol. The van der Waals surface area contributed by atoms with Crippen molar-refractivity contribution < 1.29 is 19.4 Å². The number of hydrogen-bond donors (Lipinski definition) is 1. The summed E-state index contributed by atoms with van der Waals surface area (Å²) in [7, 11) is 1.78. The monoisotopic (exact) mass is 305 g/mol. The molecule has 22 heavy (non-hydrogen) atoms. The van der Waals surface area contributed by atoms with Crippen LogP contribution in [0.3, 0.4) is 0 Å². The number of carbonyl (C=O) groups excluding carboxylic acids is 1. The lowest BCUT2D eigenvalue weighted by Crippen LogP contribution is -2.33. The molecule has 1 fully saturated rings. The number of para-hydroxylation sites is 1. The zero-order valence-corrected chi connectivity index (χ0v) is 12.9. The largest absolute Gasteiger partial charge is 0.494 e. The number of hydrogen-bond acceptors (Lipinski definition) is 3. The molecule has 1 amide bonds. The van der Waals surface area contributed by atoms with Gasteiger partial charge in [0.2, 0.25) is 5.91 Å². The second-order valence-corrected chi connectivity index (χ2v) is 5.82. The van der Waals surface area contributed by atoms with E-state index in [0.717, 1.165) is 12.2 Å². The topological polar surface area (TPSA) is 66.8 Å². The highest BCUT2D eigenvalue weighted by Gasteiger charge is 2.34. The summed E-state index contributed by atoms with van der Waals surface area (Å²) in [4.78, 5) is 24.9. The predicted molar refractivity (Wildman–Crippen MR) is 82.7 cm³/mol. The summed E-state index contributed by atoms with van der Waals surface area (Å²) in [5.41, 5.74) is 0. The fraction of sp³-hybridized carbons (Fsp3) is 0.529. The van der Waals surface area contributed by atoms with Gasteiger partial charge in [0.15, 0.2) is 0 Å². The number of nitrogens with zero attached hydrogens (tertiary/aromatic N) is 1. The van der Waals surface area contributed by atoms with Gasteiger partial charge in [0, 0.05) is 19.5 Å². The number of amides is 1. The zero-order valence-electron chi connectivity index (χ0n) is 12.9. The number of rotatable bonds is 7. The minimum Gasteiger partial charge on any atom is -0.494 e. The smallest absolute Gasteiger partial charge is 0.306 e. The number of benzene rings is 1. The lowest BCUT2D eigenvalue weighted by molar-refractivity contribution is -0.141. The highest BCUT2D eigenvalue weighted by molar-refractivity contribution is 5.80. The minimum absolute atomic E-state index is 0.0588. The fourth-order valence-electron chi connectivity index (χ4n) is 2.86. The molecule has 1 N–H and O–H groups in total. The highest BCUT2D eigenvalue weighted by Crippen LogP contribution is 2.32. The summed E-state index contributed by atoms with van der Waals surface area (Å²) in [6.45, 7) is 1.18. The second kappa shape index (κ2) is 7.82. The maximum absolute atomic E-state index is 12.3. The van der Waals surface area contributed by atoms with Crippen LogP contribution in [0.5, 0.6) is 5.75 Å². The van der Waals surface area contributed by atoms with Crippen molar-refractivity contribution in [2.75, 3.05) is 20.2 Å². The third-order valence-electron chi connectivity index (χ3n) is 4.16. The molecule has 1 saturated carbocycles. The van der Waals surface area contributed by atoms with Crippen molar-refractivity contribution in [1.29, 1.82) is 0 Å². The first-order chi connectivity index (χ1) is 10.6. The van der Waals surface area contributed by atoms with Crippen LogP contribution in [0.1, 0.15) is 25.7 Å². The van der Waals surface area contributed by atoms with Crippen molar-refractivity contribution in [3.05, 3.63) is 30.3 Å². The molecule has 0 heterocycles. The summed E-state index contributed by atoms with van der Waals surface area (Å²) in [6.07, 6.45) is 2.52. The molecule has 0 aliphatic heterocycles. The number of carbonyl (C=O) groups is 2. The van der Waals surface area contributed by atoms with Crippen LogP contribution in [-0.2, 0) is 9.59 Å². The van der Waals surface area contributed by atoms with Crippen molar-refractivity contribution in [2.24, 2.45) is 11.8 Å². The van der Waals surface area contributed by atoms with Crippen molar-refractivity contribution >= 4 is 11.9 Å². The van der Waals surface area contributed by atoms with Crippen LogP contribution < -0.4 is 4.74 Å². The Labute approximate surface area is 130 Å². The van der Waals surface area contributed by atoms with Crippen LogP contribution in [0.15, 0.2) is 30.3 Å². The predicted octanol–water partition coefficient (Wildman–Crippen LogP) is 2.41. The van der Waals surface area contributed by atoms with Crippen molar-refractivity contribution in [2.45, 2.75) is 25.7 Å². The van der Waals surface area contributed by atoms with E-state index in [2.05, 4.69) is 0 Å². The van der Waals surface area contributed by atoms with Crippen LogP contribution >= 0.6 is 0 Å². The molecule has 0 unspecified atom stereocenters. The Hall–Kier alpha value is -2.04. The van der Waals surface area contributed by atoms with E-state index in [1.54, 1.807) is 11.9 Å². The maximum atomic E-state index is 12.3. The van der Waals surface area contributed by atoms with Gasteiger partial charge in [-0.15, -0.1) is 0 Å². The first-order valence-corrected chi connectivity index (χ1v) is 7.73. The molecule has 0 spiro atoms. The third kappa shape index (κ3) is 4.48. The van der Waals surface area contributed by atoms with Crippen LogP contribution in [0.4, 0.5) is 0 Å². The Morgan fingerprint density at radius 1 is 1.23 bits per heavy atom. The SMILES string of the molecule is CN(CCCOc1ccccc1)C(=O)[C@@H]1CC[C@H](C(=O)O)C1. The van der Waals surface area contributed by atoms with E-state index in [4.69, 9.17) is 9.84 Å². The van der Waals surface area contributed by atoms with E-state index in [1.165, 1.54) is 0 Å². The van der Waals surface area contributed by atoms with E-state index in [-0.39, 0.29) is 17.7 Å². The molecule has 120 valence electrons. The quantitative estimate of drug-likeness (QED) is 0.786. The van der Waals surface area contributed by atoms with Gasteiger partial charge in [-0.05, 0) is 37.8 Å². The van der Waals surface area contributed by atoms with E-state index >= 15 is 0 Å². The summed E-state index contributed by atoms with van der Waals surface area (Å²) in [6, 6.07) is 9.58. The molecule has 5 nitrogen and oxygen atoms in total. The maximum Gasteiger partial charge on any atom is 0.306 e. The number of carboxylic acid groups (broad SMARTS) is 1. The summed E-state index contributed by atoms with van der Waals surface area (Å²) >= 11 is 0. The van der Waals surface area contributed by atoms with Crippen molar-refractivity contribution in [1.82, 2.24) is 4.90 Å². The Balaban J connectivity index is 1.67. The normalized spacial score (nSPS) is 20.6. The summed E-state index contributed by atoms with van der Waals surface area (Å²) in [5, 5.41) is 8.99. The number of ether oxygens (including phenoxy) is 1. The molecular formula is C17H23NO4. The molecule has 1 aromatic rings. The molecule has 1 aliphatic rings. The molecule has 5 heteroatoms. The first-order valence-electron chi connectivity index (χ1n) is 7.73. The number of aliphatic carboxylic acids is 1. The molecule has 1 aromatic carbocycles. The van der Waals surface area contributed by atoms with Gasteiger partial charge in [0.1, 0.15) is 5.75 Å². The molecule has 0 aromatic heterocycles. The minimum atomic E-state index is -0.783. The van der Waals surface area contributed by atoms with Crippen LogP contribution in [-0.4, -0.2) is 42.1 Å². The first kappa shape index (κ1) is 16.3. The van der Waals surface area contributed by atoms with Gasteiger partial charge in [0.05, 0.1) is 12.5 Å². The highest BCUT2D eigenvalue weighted by atomic mass is 16.5. The summed E-state index contributed by atoms with van der Waals surface area (Å²) in [5.74, 6) is -0.390. The molecule has 2 atom stereocenters. The Kier molecular flexibility index (Phi) is 5.81. The Morgan fingerprint density at radius 3 is 2.55 bits per heavy atom. The van der Waals surface area contributed by atoms with Gasteiger partial charge >= 0.3 is 5.97 Å². The van der Waals surface area contributed by atoms with E-state index < -0.39 is 5.97 Å². The van der Waals surface area contributed by atoms with Gasteiger partial charge in [-0.3, -0.25) is 9.59 Å². The van der Waals surface area contributed by atoms with Crippen LogP contribution in [0, 0.1) is 11.8 Å². The second-order valence-electron chi connectivity index (χ2n) is 5.82. The van der Waals surface area contributed by atoms with Crippen LogP contribution in [0.25, 0.3) is 0 Å². The van der Waals surface area contributed by atoms with E-state index in [0.29, 0.717) is 32.4 Å². The fourth-order valence-corrected chi connectivity index (χ4v) is 2.86. The van der Waals surface area contributed by atoms with Crippen LogP contribution in [0.2, 0.25) is 0 Å². The average molecular weight is 305 g/mol. The van der Waals surface area contributed by atoms with E-state index in [1.807, 2.05) is 30.3 Å².